The summed E-state index contributed by atoms with van der Waals surface area (Å²) in [6.45, 7) is 0.917. The minimum Gasteiger partial charge on any atom is -0.488 e. The number of rotatable bonds is 7. The van der Waals surface area contributed by atoms with Crippen LogP contribution in [0.4, 0.5) is 0 Å². The fourth-order valence-corrected chi connectivity index (χ4v) is 4.42. The number of hydrogen-bond acceptors (Lipinski definition) is 7. The van der Waals surface area contributed by atoms with E-state index in [0.29, 0.717) is 23.6 Å². The maximum atomic E-state index is 10.3. The van der Waals surface area contributed by atoms with E-state index in [-0.39, 0.29) is 12.5 Å². The van der Waals surface area contributed by atoms with Crippen LogP contribution < -0.4 is 4.74 Å². The number of ether oxygens (including phenoxy) is 4. The molecule has 2 aliphatic heterocycles. The Labute approximate surface area is 192 Å². The van der Waals surface area contributed by atoms with E-state index < -0.39 is 30.7 Å². The third kappa shape index (κ3) is 4.94. The number of aliphatic hydroxyl groups is 3. The van der Waals surface area contributed by atoms with Crippen LogP contribution in [0.2, 0.25) is 5.02 Å². The standard InChI is InChI=1S/C24H29ClO7/c1-29-24(12-21(27)23(28)22(13-26)32-24)17-4-7-20(25)16(11-17)10-15-2-5-18(6-3-15)31-19-8-9-30-14-19/h2-7,11,19,21-23,26-28H,8-10,12-14H2,1H3/t19?,21?,22?,23-,24?/m0/s1. The largest absolute Gasteiger partial charge is 0.488 e. The molecule has 2 fully saturated rings. The van der Waals surface area contributed by atoms with E-state index in [1.54, 1.807) is 12.1 Å². The third-order valence-corrected chi connectivity index (χ3v) is 6.47. The predicted octanol–water partition coefficient (Wildman–Crippen LogP) is 2.40. The molecule has 32 heavy (non-hydrogen) atoms. The summed E-state index contributed by atoms with van der Waals surface area (Å²) in [7, 11) is 1.47. The fourth-order valence-electron chi connectivity index (χ4n) is 4.24. The summed E-state index contributed by atoms with van der Waals surface area (Å²) in [4.78, 5) is 0. The van der Waals surface area contributed by atoms with Gasteiger partial charge in [0.25, 0.3) is 0 Å². The lowest BCUT2D eigenvalue weighted by atomic mass is 9.89. The average Bonchev–Trinajstić information content (AvgIpc) is 3.31. The number of halogens is 1. The number of hydrogen-bond donors (Lipinski definition) is 3. The highest BCUT2D eigenvalue weighted by Crippen LogP contribution is 2.40. The molecular weight excluding hydrogens is 436 g/mol. The van der Waals surface area contributed by atoms with Crippen LogP contribution in [-0.4, -0.2) is 66.7 Å². The van der Waals surface area contributed by atoms with Gasteiger partial charge in [-0.3, -0.25) is 0 Å². The molecule has 2 aromatic carbocycles. The van der Waals surface area contributed by atoms with Gasteiger partial charge < -0.3 is 34.3 Å². The van der Waals surface area contributed by atoms with Gasteiger partial charge >= 0.3 is 0 Å². The van der Waals surface area contributed by atoms with E-state index in [1.165, 1.54) is 7.11 Å². The third-order valence-electron chi connectivity index (χ3n) is 6.10. The summed E-state index contributed by atoms with van der Waals surface area (Å²) in [6, 6.07) is 13.3. The molecule has 0 spiro atoms. The minimum absolute atomic E-state index is 0.0269. The highest BCUT2D eigenvalue weighted by molar-refractivity contribution is 6.31. The zero-order valence-corrected chi connectivity index (χ0v) is 18.7. The molecule has 2 heterocycles. The summed E-state index contributed by atoms with van der Waals surface area (Å²) >= 11 is 6.48. The van der Waals surface area contributed by atoms with Crippen molar-refractivity contribution in [3.8, 4) is 5.75 Å². The maximum absolute atomic E-state index is 10.3. The molecule has 4 rings (SSSR count). The SMILES string of the molecule is COC1(c2ccc(Cl)c(Cc3ccc(OC4CCOC4)cc3)c2)CC(O)[C@H](O)C(CO)O1. The van der Waals surface area contributed by atoms with Crippen molar-refractivity contribution in [3.63, 3.8) is 0 Å². The van der Waals surface area contributed by atoms with Crippen LogP contribution in [0, 0.1) is 0 Å². The lowest BCUT2D eigenvalue weighted by Gasteiger charge is -2.44. The van der Waals surface area contributed by atoms with Crippen LogP contribution in [0.3, 0.4) is 0 Å². The Morgan fingerprint density at radius 1 is 1.16 bits per heavy atom. The number of aliphatic hydroxyl groups excluding tert-OH is 3. The van der Waals surface area contributed by atoms with Crippen molar-refractivity contribution in [2.24, 2.45) is 0 Å². The summed E-state index contributed by atoms with van der Waals surface area (Å²) < 4.78 is 22.8. The van der Waals surface area contributed by atoms with E-state index in [1.807, 2.05) is 30.3 Å². The van der Waals surface area contributed by atoms with Crippen LogP contribution in [0.5, 0.6) is 5.75 Å². The first-order valence-corrected chi connectivity index (χ1v) is 11.1. The van der Waals surface area contributed by atoms with Gasteiger partial charge in [-0.1, -0.05) is 29.8 Å². The Morgan fingerprint density at radius 3 is 2.59 bits per heavy atom. The molecule has 0 bridgehead atoms. The molecule has 0 amide bonds. The van der Waals surface area contributed by atoms with Gasteiger partial charge in [0.15, 0.2) is 5.79 Å². The monoisotopic (exact) mass is 464 g/mol. The van der Waals surface area contributed by atoms with Gasteiger partial charge in [-0.2, -0.15) is 0 Å². The lowest BCUT2D eigenvalue weighted by Crippen LogP contribution is -2.55. The smallest absolute Gasteiger partial charge is 0.197 e. The molecule has 4 unspecified atom stereocenters. The van der Waals surface area contributed by atoms with Crippen molar-refractivity contribution >= 4 is 11.6 Å². The van der Waals surface area contributed by atoms with Gasteiger partial charge in [-0.25, -0.2) is 0 Å². The number of methoxy groups -OCH3 is 1. The Hall–Kier alpha value is -1.71. The van der Waals surface area contributed by atoms with E-state index in [0.717, 1.165) is 29.9 Å². The molecule has 8 heteroatoms. The van der Waals surface area contributed by atoms with Gasteiger partial charge in [-0.15, -0.1) is 0 Å². The molecule has 0 saturated carbocycles. The van der Waals surface area contributed by atoms with Crippen molar-refractivity contribution in [2.45, 2.75) is 49.5 Å². The topological polar surface area (TPSA) is 97.6 Å². The second kappa shape index (κ2) is 10.1. The van der Waals surface area contributed by atoms with E-state index in [9.17, 15) is 15.3 Å². The van der Waals surface area contributed by atoms with Crippen molar-refractivity contribution in [1.29, 1.82) is 0 Å². The van der Waals surface area contributed by atoms with Crippen molar-refractivity contribution in [1.82, 2.24) is 0 Å². The van der Waals surface area contributed by atoms with Gasteiger partial charge in [0.05, 0.1) is 25.9 Å². The summed E-state index contributed by atoms with van der Waals surface area (Å²) in [5, 5.41) is 30.6. The Bertz CT molecular complexity index is 900. The van der Waals surface area contributed by atoms with Gasteiger partial charge in [0.1, 0.15) is 24.1 Å². The summed E-state index contributed by atoms with van der Waals surface area (Å²) in [5.74, 6) is -0.493. The maximum Gasteiger partial charge on any atom is 0.197 e. The molecule has 0 aromatic heterocycles. The zero-order chi connectivity index (χ0) is 22.7. The van der Waals surface area contributed by atoms with E-state index >= 15 is 0 Å². The van der Waals surface area contributed by atoms with Gasteiger partial charge in [0.2, 0.25) is 0 Å². The predicted molar refractivity (Wildman–Crippen MR) is 118 cm³/mol. The normalized spacial score (nSPS) is 30.4. The first-order valence-electron chi connectivity index (χ1n) is 10.8. The molecule has 3 N–H and O–H groups in total. The molecule has 2 saturated heterocycles. The van der Waals surface area contributed by atoms with E-state index in [2.05, 4.69) is 0 Å². The first kappa shape index (κ1) is 23.4. The molecule has 174 valence electrons. The molecule has 5 atom stereocenters. The second-order valence-corrected chi connectivity index (χ2v) is 8.70. The van der Waals surface area contributed by atoms with Crippen LogP contribution >= 0.6 is 11.6 Å². The number of benzene rings is 2. The lowest BCUT2D eigenvalue weighted by molar-refractivity contribution is -0.323. The highest BCUT2D eigenvalue weighted by Gasteiger charge is 2.47. The molecule has 0 aliphatic carbocycles. The van der Waals surface area contributed by atoms with Crippen molar-refractivity contribution < 1.29 is 34.3 Å². The van der Waals surface area contributed by atoms with Gasteiger partial charge in [0, 0.05) is 30.5 Å². The molecule has 2 aliphatic rings. The quantitative estimate of drug-likeness (QED) is 0.578. The molecule has 2 aromatic rings. The molecule has 0 radical (unpaired) electrons. The summed E-state index contributed by atoms with van der Waals surface area (Å²) in [6.07, 6.45) is -1.65. The van der Waals surface area contributed by atoms with Gasteiger partial charge in [-0.05, 0) is 41.8 Å². The van der Waals surface area contributed by atoms with E-state index in [4.69, 9.17) is 30.5 Å². The van der Waals surface area contributed by atoms with Crippen LogP contribution in [0.15, 0.2) is 42.5 Å². The zero-order valence-electron chi connectivity index (χ0n) is 17.9. The van der Waals surface area contributed by atoms with Crippen LogP contribution in [0.1, 0.15) is 29.5 Å². The molecular formula is C24H29ClO7. The average molecular weight is 465 g/mol. The Balaban J connectivity index is 1.53. The van der Waals surface area contributed by atoms with Crippen LogP contribution in [-0.2, 0) is 26.4 Å². The molecule has 7 nitrogen and oxygen atoms in total. The minimum atomic E-state index is -1.30. The van der Waals surface area contributed by atoms with Crippen LogP contribution in [0.25, 0.3) is 0 Å². The fraction of sp³-hybridized carbons (Fsp3) is 0.500. The Morgan fingerprint density at radius 2 is 1.94 bits per heavy atom. The Kier molecular flexibility index (Phi) is 7.37. The van der Waals surface area contributed by atoms with Crippen molar-refractivity contribution in [2.75, 3.05) is 26.9 Å². The van der Waals surface area contributed by atoms with Crippen molar-refractivity contribution in [3.05, 3.63) is 64.2 Å². The highest BCUT2D eigenvalue weighted by atomic mass is 35.5. The first-order chi connectivity index (χ1) is 15.4. The summed E-state index contributed by atoms with van der Waals surface area (Å²) in [5.41, 5.74) is 2.58. The second-order valence-electron chi connectivity index (χ2n) is 8.29.